The van der Waals surface area contributed by atoms with Crippen LogP contribution in [0.3, 0.4) is 0 Å². The van der Waals surface area contributed by atoms with Gasteiger partial charge in [-0.15, -0.1) is 10.2 Å². The van der Waals surface area contributed by atoms with E-state index in [1.165, 1.54) is 13.1 Å². The van der Waals surface area contributed by atoms with Crippen LogP contribution in [-0.4, -0.2) is 65.1 Å². The lowest BCUT2D eigenvalue weighted by molar-refractivity contribution is -0.108. The number of aromatic nitrogens is 3. The van der Waals surface area contributed by atoms with Crippen LogP contribution >= 0.6 is 11.6 Å². The smallest absolute Gasteiger partial charge is 0.314 e. The number of piperidine rings is 1. The maximum absolute atomic E-state index is 13.9. The van der Waals surface area contributed by atoms with E-state index in [-0.39, 0.29) is 24.9 Å². The molecule has 1 saturated heterocycles. The summed E-state index contributed by atoms with van der Waals surface area (Å²) in [5.41, 5.74) is 2.40. The molecular weight excluding hydrogens is 540 g/mol. The normalized spacial score (nSPS) is 15.1. The predicted molar refractivity (Wildman–Crippen MR) is 139 cm³/mol. The van der Waals surface area contributed by atoms with Crippen molar-refractivity contribution in [3.8, 4) is 11.5 Å². The predicted octanol–water partition coefficient (Wildman–Crippen LogP) is 5.83. The van der Waals surface area contributed by atoms with Crippen molar-refractivity contribution in [2.75, 3.05) is 36.5 Å². The van der Waals surface area contributed by atoms with Gasteiger partial charge in [0.15, 0.2) is 0 Å². The summed E-state index contributed by atoms with van der Waals surface area (Å²) in [4.78, 5) is 21.9. The SMILES string of the molecule is CCC(F)(F)CN1CCC(N(C=O)c2ccc(Cl)cc2N(C)Cc2ccc(-c3nnc(C(F)F)o3)cn2)CC1. The van der Waals surface area contributed by atoms with Gasteiger partial charge in [0, 0.05) is 43.8 Å². The largest absolute Gasteiger partial charge is 0.415 e. The van der Waals surface area contributed by atoms with Gasteiger partial charge >= 0.3 is 6.43 Å². The number of benzene rings is 1. The summed E-state index contributed by atoms with van der Waals surface area (Å²) in [6.45, 7) is 2.48. The summed E-state index contributed by atoms with van der Waals surface area (Å²) < 4.78 is 58.1. The third-order valence-corrected chi connectivity index (χ3v) is 7.00. The van der Waals surface area contributed by atoms with Gasteiger partial charge in [0.1, 0.15) is 0 Å². The molecule has 3 heterocycles. The lowest BCUT2D eigenvalue weighted by Crippen LogP contribution is -2.47. The van der Waals surface area contributed by atoms with Crippen LogP contribution in [0.2, 0.25) is 5.02 Å². The van der Waals surface area contributed by atoms with E-state index in [4.69, 9.17) is 16.0 Å². The zero-order chi connectivity index (χ0) is 28.2. The van der Waals surface area contributed by atoms with Crippen LogP contribution in [0.5, 0.6) is 0 Å². The average Bonchev–Trinajstić information content (AvgIpc) is 3.42. The number of carbonyl (C=O) groups is 1. The molecule has 0 bridgehead atoms. The molecule has 39 heavy (non-hydrogen) atoms. The molecule has 1 aliphatic heterocycles. The van der Waals surface area contributed by atoms with Crippen LogP contribution in [0.25, 0.3) is 11.5 Å². The summed E-state index contributed by atoms with van der Waals surface area (Å²) in [5.74, 6) is -3.54. The van der Waals surface area contributed by atoms with Gasteiger partial charge in [0.2, 0.25) is 12.3 Å². The first kappa shape index (κ1) is 28.8. The van der Waals surface area contributed by atoms with Crippen molar-refractivity contribution in [2.45, 2.75) is 51.1 Å². The summed E-state index contributed by atoms with van der Waals surface area (Å²) >= 11 is 6.30. The topological polar surface area (TPSA) is 78.6 Å². The summed E-state index contributed by atoms with van der Waals surface area (Å²) in [6, 6.07) is 8.43. The second kappa shape index (κ2) is 12.3. The van der Waals surface area contributed by atoms with Crippen molar-refractivity contribution in [3.63, 3.8) is 0 Å². The fraction of sp³-hybridized carbons (Fsp3) is 0.462. The number of carbonyl (C=O) groups excluding carboxylic acids is 1. The van der Waals surface area contributed by atoms with E-state index >= 15 is 0 Å². The van der Waals surface area contributed by atoms with Crippen molar-refractivity contribution >= 4 is 29.4 Å². The lowest BCUT2D eigenvalue weighted by Gasteiger charge is -2.39. The Bertz CT molecular complexity index is 1250. The molecule has 2 aromatic heterocycles. The van der Waals surface area contributed by atoms with Crippen molar-refractivity contribution in [3.05, 3.63) is 53.1 Å². The van der Waals surface area contributed by atoms with E-state index in [1.807, 2.05) is 11.9 Å². The summed E-state index contributed by atoms with van der Waals surface area (Å²) in [7, 11) is 1.83. The molecule has 0 aliphatic carbocycles. The number of nitrogens with zero attached hydrogens (tertiary/aromatic N) is 6. The Balaban J connectivity index is 1.47. The van der Waals surface area contributed by atoms with Gasteiger partial charge in [0.05, 0.1) is 35.7 Å². The number of anilines is 2. The molecule has 1 aliphatic rings. The lowest BCUT2D eigenvalue weighted by atomic mass is 10.0. The van der Waals surface area contributed by atoms with E-state index < -0.39 is 18.2 Å². The quantitative estimate of drug-likeness (QED) is 0.213. The van der Waals surface area contributed by atoms with Crippen molar-refractivity contribution in [1.29, 1.82) is 0 Å². The molecule has 13 heteroatoms. The first-order valence-electron chi connectivity index (χ1n) is 12.5. The maximum atomic E-state index is 13.9. The third kappa shape index (κ3) is 7.04. The molecule has 1 amide bonds. The van der Waals surface area contributed by atoms with Gasteiger partial charge in [0.25, 0.3) is 11.8 Å². The van der Waals surface area contributed by atoms with E-state index in [0.717, 1.165) is 6.41 Å². The number of halogens is 5. The monoisotopic (exact) mass is 568 g/mol. The van der Waals surface area contributed by atoms with Crippen molar-refractivity contribution in [1.82, 2.24) is 20.1 Å². The highest BCUT2D eigenvalue weighted by atomic mass is 35.5. The molecule has 0 N–H and O–H groups in total. The van der Waals surface area contributed by atoms with Gasteiger partial charge in [-0.1, -0.05) is 18.5 Å². The Kier molecular flexibility index (Phi) is 9.06. The summed E-state index contributed by atoms with van der Waals surface area (Å²) in [5, 5.41) is 7.43. The standard InChI is InChI=1S/C26H29ClF4N6O2/c1-3-26(30,31)15-36-10-8-20(9-11-36)37(16-38)21-7-5-18(27)12-22(21)35(2)14-19-6-4-17(13-32-19)24-33-34-25(39-24)23(28)29/h4-7,12-13,16,20,23H,3,8-11,14-15H2,1-2H3. The molecule has 4 rings (SSSR count). The van der Waals surface area contributed by atoms with E-state index in [9.17, 15) is 22.4 Å². The fourth-order valence-corrected chi connectivity index (χ4v) is 4.73. The number of likely N-dealkylation sites (tertiary alicyclic amines) is 1. The first-order valence-corrected chi connectivity index (χ1v) is 12.9. The molecule has 1 aromatic carbocycles. The van der Waals surface area contributed by atoms with Gasteiger partial charge < -0.3 is 14.2 Å². The number of amides is 1. The fourth-order valence-electron chi connectivity index (χ4n) is 4.57. The third-order valence-electron chi connectivity index (χ3n) is 6.76. The molecule has 3 aromatic rings. The van der Waals surface area contributed by atoms with E-state index in [2.05, 4.69) is 15.2 Å². The second-order valence-corrected chi connectivity index (χ2v) is 9.94. The number of rotatable bonds is 11. The van der Waals surface area contributed by atoms with Gasteiger partial charge in [-0.3, -0.25) is 14.7 Å². The number of hydrogen-bond acceptors (Lipinski definition) is 7. The van der Waals surface area contributed by atoms with Crippen LogP contribution in [0.4, 0.5) is 28.9 Å². The van der Waals surface area contributed by atoms with Crippen LogP contribution in [-0.2, 0) is 11.3 Å². The van der Waals surface area contributed by atoms with Gasteiger partial charge in [-0.25, -0.2) is 8.78 Å². The van der Waals surface area contributed by atoms with Crippen molar-refractivity contribution in [2.24, 2.45) is 0 Å². The zero-order valence-electron chi connectivity index (χ0n) is 21.5. The van der Waals surface area contributed by atoms with E-state index in [0.29, 0.717) is 60.1 Å². The van der Waals surface area contributed by atoms with Crippen molar-refractivity contribution < 1.29 is 26.8 Å². The minimum atomic E-state index is -2.86. The average molecular weight is 569 g/mol. The molecule has 0 radical (unpaired) electrons. The zero-order valence-corrected chi connectivity index (χ0v) is 22.3. The molecule has 1 fully saturated rings. The van der Waals surface area contributed by atoms with Gasteiger partial charge in [-0.05, 0) is 43.2 Å². The minimum absolute atomic E-state index is 0.0547. The molecule has 8 nitrogen and oxygen atoms in total. The van der Waals surface area contributed by atoms with Crippen LogP contribution in [0.1, 0.15) is 44.2 Å². The molecule has 0 atom stereocenters. The van der Waals surface area contributed by atoms with Gasteiger partial charge in [-0.2, -0.15) is 8.78 Å². The Morgan fingerprint density at radius 1 is 1.18 bits per heavy atom. The number of alkyl halides is 4. The maximum Gasteiger partial charge on any atom is 0.314 e. The Hall–Kier alpha value is -3.25. The Morgan fingerprint density at radius 2 is 1.92 bits per heavy atom. The van der Waals surface area contributed by atoms with E-state index in [1.54, 1.807) is 40.1 Å². The highest BCUT2D eigenvalue weighted by Crippen LogP contribution is 2.35. The molecule has 210 valence electrons. The molecule has 0 spiro atoms. The Labute approximate surface area is 228 Å². The summed E-state index contributed by atoms with van der Waals surface area (Å²) in [6.07, 6.45) is 0.294. The van der Waals surface area contributed by atoms with Crippen LogP contribution in [0.15, 0.2) is 40.9 Å². The Morgan fingerprint density at radius 3 is 2.51 bits per heavy atom. The highest BCUT2D eigenvalue weighted by Gasteiger charge is 2.33. The van der Waals surface area contributed by atoms with Crippen LogP contribution < -0.4 is 9.80 Å². The number of hydrogen-bond donors (Lipinski definition) is 0. The first-order chi connectivity index (χ1) is 18.6. The minimum Gasteiger partial charge on any atom is -0.415 e. The highest BCUT2D eigenvalue weighted by molar-refractivity contribution is 6.31. The van der Waals surface area contributed by atoms with Crippen LogP contribution in [0, 0.1) is 0 Å². The molecular formula is C26H29ClF4N6O2. The second-order valence-electron chi connectivity index (χ2n) is 9.50. The number of pyridine rings is 1. The molecule has 0 unspecified atom stereocenters. The molecule has 0 saturated carbocycles.